The van der Waals surface area contributed by atoms with Gasteiger partial charge in [0.05, 0.1) is 10.6 Å². The third-order valence-electron chi connectivity index (χ3n) is 3.05. The summed E-state index contributed by atoms with van der Waals surface area (Å²) in [6, 6.07) is 14.2. The first kappa shape index (κ1) is 15.3. The molecule has 3 nitrogen and oxygen atoms in total. The fraction of sp³-hybridized carbons (Fsp3) is 0. The van der Waals surface area contributed by atoms with E-state index in [1.165, 1.54) is 16.7 Å². The van der Waals surface area contributed by atoms with Crippen LogP contribution in [0.5, 0.6) is 5.75 Å². The van der Waals surface area contributed by atoms with E-state index in [1.807, 2.05) is 30.3 Å². The number of amides is 1. The Bertz CT molecular complexity index is 787. The molecule has 22 heavy (non-hydrogen) atoms. The largest absolute Gasteiger partial charge is 0.508 e. The Kier molecular flexibility index (Phi) is 4.33. The molecule has 0 unspecified atom stereocenters. The first-order valence-corrected chi connectivity index (χ1v) is 8.39. The minimum atomic E-state index is -0.152. The molecule has 1 saturated heterocycles. The number of anilines is 1. The van der Waals surface area contributed by atoms with Crippen molar-refractivity contribution in [1.29, 1.82) is 0 Å². The van der Waals surface area contributed by atoms with E-state index in [1.54, 1.807) is 24.3 Å². The van der Waals surface area contributed by atoms with Crippen molar-refractivity contribution in [1.82, 2.24) is 0 Å². The number of phenolic OH excluding ortho intramolecular Hbond substituents is 1. The number of carbonyl (C=O) groups excluding carboxylic acids is 1. The summed E-state index contributed by atoms with van der Waals surface area (Å²) in [5.41, 5.74) is 1.50. The second-order valence-corrected chi connectivity index (χ2v) is 7.18. The lowest BCUT2D eigenvalue weighted by Gasteiger charge is -2.14. The van der Waals surface area contributed by atoms with Gasteiger partial charge in [-0.1, -0.05) is 52.0 Å². The summed E-state index contributed by atoms with van der Waals surface area (Å²) in [6.45, 7) is 0. The van der Waals surface area contributed by atoms with Gasteiger partial charge in [0.25, 0.3) is 5.91 Å². The maximum Gasteiger partial charge on any atom is 0.270 e. The standard InChI is InChI=1S/C16H10BrNO2S2/c17-11-4-6-12(7-5-11)18-15(20)14(22-16(18)21)9-10-2-1-3-13(19)8-10/h1-9,19H. The SMILES string of the molecule is O=C1C(=Cc2cccc(O)c2)SC(=S)N1c1ccc(Br)cc1. The van der Waals surface area contributed by atoms with E-state index < -0.39 is 0 Å². The fourth-order valence-corrected chi connectivity index (χ4v) is 3.61. The van der Waals surface area contributed by atoms with E-state index in [0.717, 1.165) is 15.7 Å². The molecule has 1 aliphatic rings. The number of hydrogen-bond acceptors (Lipinski definition) is 4. The zero-order valence-electron chi connectivity index (χ0n) is 11.2. The van der Waals surface area contributed by atoms with Crippen molar-refractivity contribution < 1.29 is 9.90 Å². The summed E-state index contributed by atoms with van der Waals surface area (Å²) in [7, 11) is 0. The minimum absolute atomic E-state index is 0.152. The molecule has 0 spiro atoms. The number of benzene rings is 2. The van der Waals surface area contributed by atoms with Crippen LogP contribution in [0.1, 0.15) is 5.56 Å². The van der Waals surface area contributed by atoms with Crippen molar-refractivity contribution in [2.24, 2.45) is 0 Å². The van der Waals surface area contributed by atoms with Gasteiger partial charge in [0.15, 0.2) is 4.32 Å². The highest BCUT2D eigenvalue weighted by atomic mass is 79.9. The van der Waals surface area contributed by atoms with Crippen LogP contribution >= 0.6 is 39.9 Å². The maximum atomic E-state index is 12.6. The fourth-order valence-electron chi connectivity index (χ4n) is 2.05. The lowest BCUT2D eigenvalue weighted by atomic mass is 10.2. The van der Waals surface area contributed by atoms with Crippen LogP contribution in [0.2, 0.25) is 0 Å². The molecule has 0 radical (unpaired) electrons. The molecule has 6 heteroatoms. The minimum Gasteiger partial charge on any atom is -0.508 e. The molecule has 0 bridgehead atoms. The van der Waals surface area contributed by atoms with Gasteiger partial charge in [-0.15, -0.1) is 0 Å². The van der Waals surface area contributed by atoms with Crippen LogP contribution in [0, 0.1) is 0 Å². The molecule has 1 fully saturated rings. The van der Waals surface area contributed by atoms with Gasteiger partial charge in [0.2, 0.25) is 0 Å². The highest BCUT2D eigenvalue weighted by Gasteiger charge is 2.33. The van der Waals surface area contributed by atoms with Gasteiger partial charge in [0, 0.05) is 4.47 Å². The van der Waals surface area contributed by atoms with Gasteiger partial charge in [-0.3, -0.25) is 9.69 Å². The Morgan fingerprint density at radius 2 is 1.91 bits per heavy atom. The van der Waals surface area contributed by atoms with Crippen LogP contribution in [0.3, 0.4) is 0 Å². The first-order valence-electron chi connectivity index (χ1n) is 6.37. The molecule has 110 valence electrons. The zero-order valence-corrected chi connectivity index (χ0v) is 14.4. The molecule has 2 aromatic rings. The van der Waals surface area contributed by atoms with Crippen LogP contribution < -0.4 is 4.90 Å². The Morgan fingerprint density at radius 1 is 1.18 bits per heavy atom. The third-order valence-corrected chi connectivity index (χ3v) is 4.88. The average Bonchev–Trinajstić information content (AvgIpc) is 2.75. The number of thiocarbonyl (C=S) groups is 1. The second kappa shape index (κ2) is 6.24. The molecule has 1 heterocycles. The predicted molar refractivity (Wildman–Crippen MR) is 97.9 cm³/mol. The number of nitrogens with zero attached hydrogens (tertiary/aromatic N) is 1. The van der Waals surface area contributed by atoms with Crippen molar-refractivity contribution in [3.63, 3.8) is 0 Å². The van der Waals surface area contributed by atoms with E-state index in [0.29, 0.717) is 9.23 Å². The number of aromatic hydroxyl groups is 1. The molecule has 1 aliphatic heterocycles. The molecular weight excluding hydrogens is 382 g/mol. The van der Waals surface area contributed by atoms with Crippen molar-refractivity contribution in [3.8, 4) is 5.75 Å². The van der Waals surface area contributed by atoms with Gasteiger partial charge >= 0.3 is 0 Å². The maximum absolute atomic E-state index is 12.6. The van der Waals surface area contributed by atoms with Crippen LogP contribution in [-0.2, 0) is 4.79 Å². The number of halogens is 1. The lowest BCUT2D eigenvalue weighted by Crippen LogP contribution is -2.27. The molecular formula is C16H10BrNO2S2. The highest BCUT2D eigenvalue weighted by Crippen LogP contribution is 2.36. The molecule has 2 aromatic carbocycles. The van der Waals surface area contributed by atoms with Crippen LogP contribution in [0.25, 0.3) is 6.08 Å². The predicted octanol–water partition coefficient (Wildman–Crippen LogP) is 4.56. The first-order chi connectivity index (χ1) is 10.5. The van der Waals surface area contributed by atoms with Gasteiger partial charge in [-0.2, -0.15) is 0 Å². The van der Waals surface area contributed by atoms with E-state index >= 15 is 0 Å². The summed E-state index contributed by atoms with van der Waals surface area (Å²) in [6.07, 6.45) is 1.73. The van der Waals surface area contributed by atoms with Crippen LogP contribution in [-0.4, -0.2) is 15.3 Å². The van der Waals surface area contributed by atoms with Crippen molar-refractivity contribution >= 4 is 61.9 Å². The third kappa shape index (κ3) is 3.09. The van der Waals surface area contributed by atoms with Crippen molar-refractivity contribution in [3.05, 3.63) is 63.5 Å². The van der Waals surface area contributed by atoms with E-state index in [-0.39, 0.29) is 11.7 Å². The van der Waals surface area contributed by atoms with E-state index in [9.17, 15) is 9.90 Å². The second-order valence-electron chi connectivity index (χ2n) is 4.59. The lowest BCUT2D eigenvalue weighted by molar-refractivity contribution is -0.113. The number of hydrogen-bond donors (Lipinski definition) is 1. The van der Waals surface area contributed by atoms with Gasteiger partial charge in [-0.25, -0.2) is 0 Å². The molecule has 1 N–H and O–H groups in total. The molecule has 1 amide bonds. The summed E-state index contributed by atoms with van der Waals surface area (Å²) < 4.78 is 1.44. The Labute approximate surface area is 145 Å². The molecule has 3 rings (SSSR count). The molecule has 0 aromatic heterocycles. The Balaban J connectivity index is 1.93. The summed E-state index contributed by atoms with van der Waals surface area (Å²) in [4.78, 5) is 14.6. The van der Waals surface area contributed by atoms with Gasteiger partial charge < -0.3 is 5.11 Å². The summed E-state index contributed by atoms with van der Waals surface area (Å²) in [5, 5.41) is 9.50. The molecule has 0 aliphatic carbocycles. The quantitative estimate of drug-likeness (QED) is 0.601. The Hall–Kier alpha value is -1.63. The highest BCUT2D eigenvalue weighted by molar-refractivity contribution is 9.10. The summed E-state index contributed by atoms with van der Waals surface area (Å²) >= 11 is 9.95. The number of rotatable bonds is 2. The monoisotopic (exact) mass is 391 g/mol. The number of phenols is 1. The number of carbonyl (C=O) groups is 1. The van der Waals surface area contributed by atoms with Crippen LogP contribution in [0.4, 0.5) is 5.69 Å². The average molecular weight is 392 g/mol. The van der Waals surface area contributed by atoms with Crippen LogP contribution in [0.15, 0.2) is 57.9 Å². The van der Waals surface area contributed by atoms with Gasteiger partial charge in [-0.05, 0) is 48.0 Å². The smallest absolute Gasteiger partial charge is 0.270 e. The van der Waals surface area contributed by atoms with Gasteiger partial charge in [0.1, 0.15) is 5.75 Å². The van der Waals surface area contributed by atoms with E-state index in [4.69, 9.17) is 12.2 Å². The topological polar surface area (TPSA) is 40.5 Å². The molecule has 0 saturated carbocycles. The molecule has 0 atom stereocenters. The zero-order chi connectivity index (χ0) is 15.7. The summed E-state index contributed by atoms with van der Waals surface area (Å²) in [5.74, 6) is 0.0119. The van der Waals surface area contributed by atoms with E-state index in [2.05, 4.69) is 15.9 Å². The van der Waals surface area contributed by atoms with Crippen molar-refractivity contribution in [2.45, 2.75) is 0 Å². The number of thioether (sulfide) groups is 1. The Morgan fingerprint density at radius 3 is 2.59 bits per heavy atom. The van der Waals surface area contributed by atoms with Crippen molar-refractivity contribution in [2.75, 3.05) is 4.90 Å². The normalized spacial score (nSPS) is 16.6.